The molecule has 7 heteroatoms. The van der Waals surface area contributed by atoms with Gasteiger partial charge in [-0.25, -0.2) is 4.68 Å². The lowest BCUT2D eigenvalue weighted by molar-refractivity contribution is 0.0702. The van der Waals surface area contributed by atoms with E-state index in [1.807, 2.05) is 26.0 Å². The first-order chi connectivity index (χ1) is 11.5. The maximum Gasteiger partial charge on any atom is 0.275 e. The number of nitrogens with zero attached hydrogens (tertiary/aromatic N) is 3. The van der Waals surface area contributed by atoms with E-state index in [0.717, 1.165) is 12.8 Å². The number of benzene rings is 1. The predicted octanol–water partition coefficient (Wildman–Crippen LogP) is 2.04. The van der Waals surface area contributed by atoms with Crippen molar-refractivity contribution in [2.45, 2.75) is 39.3 Å². The van der Waals surface area contributed by atoms with Crippen molar-refractivity contribution in [1.82, 2.24) is 14.7 Å². The summed E-state index contributed by atoms with van der Waals surface area (Å²) in [5.41, 5.74) is 6.20. The van der Waals surface area contributed by atoms with Crippen LogP contribution in [0.3, 0.4) is 0 Å². The van der Waals surface area contributed by atoms with Crippen LogP contribution in [0.1, 0.15) is 37.2 Å². The molecule has 0 spiro atoms. The zero-order valence-electron chi connectivity index (χ0n) is 14.6. The average Bonchev–Trinajstić information content (AvgIpc) is 2.56. The Balaban J connectivity index is 0.00000225. The Labute approximate surface area is 153 Å². The highest BCUT2D eigenvalue weighted by Crippen LogP contribution is 2.18. The quantitative estimate of drug-likeness (QED) is 0.903. The van der Waals surface area contributed by atoms with Crippen LogP contribution in [-0.4, -0.2) is 39.7 Å². The fourth-order valence-corrected chi connectivity index (χ4v) is 3.21. The van der Waals surface area contributed by atoms with Gasteiger partial charge in [-0.05, 0) is 24.8 Å². The number of piperidine rings is 1. The minimum atomic E-state index is -0.147. The summed E-state index contributed by atoms with van der Waals surface area (Å²) in [7, 11) is 0. The largest absolute Gasteiger partial charge is 0.336 e. The zero-order chi connectivity index (χ0) is 17.3. The number of likely N-dealkylation sites (tertiary alicyclic amines) is 1. The van der Waals surface area contributed by atoms with E-state index in [1.165, 1.54) is 4.68 Å². The molecule has 2 heterocycles. The van der Waals surface area contributed by atoms with Gasteiger partial charge >= 0.3 is 0 Å². The number of halogens is 1. The van der Waals surface area contributed by atoms with Gasteiger partial charge in [-0.15, -0.1) is 12.4 Å². The Morgan fingerprint density at radius 3 is 2.64 bits per heavy atom. The minimum Gasteiger partial charge on any atom is -0.336 e. The van der Waals surface area contributed by atoms with Crippen LogP contribution in [-0.2, 0) is 6.54 Å². The van der Waals surface area contributed by atoms with Gasteiger partial charge in [0, 0.05) is 31.1 Å². The Bertz CT molecular complexity index is 818. The predicted molar refractivity (Wildman–Crippen MR) is 101 cm³/mol. The van der Waals surface area contributed by atoms with Crippen LogP contribution in [0.2, 0.25) is 0 Å². The minimum absolute atomic E-state index is 0. The first kappa shape index (κ1) is 19.4. The van der Waals surface area contributed by atoms with Crippen molar-refractivity contribution in [2.75, 3.05) is 13.1 Å². The molecule has 1 atom stereocenters. The van der Waals surface area contributed by atoms with Crippen molar-refractivity contribution < 1.29 is 4.79 Å². The van der Waals surface area contributed by atoms with E-state index in [0.29, 0.717) is 36.1 Å². The van der Waals surface area contributed by atoms with Crippen molar-refractivity contribution in [3.05, 3.63) is 40.3 Å². The highest BCUT2D eigenvalue weighted by molar-refractivity contribution is 6.04. The summed E-state index contributed by atoms with van der Waals surface area (Å²) in [4.78, 5) is 27.4. The maximum atomic E-state index is 13.0. The number of rotatable bonds is 3. The summed E-state index contributed by atoms with van der Waals surface area (Å²) < 4.78 is 1.42. The van der Waals surface area contributed by atoms with Gasteiger partial charge in [-0.1, -0.05) is 32.0 Å². The van der Waals surface area contributed by atoms with Crippen LogP contribution >= 0.6 is 12.4 Å². The summed E-state index contributed by atoms with van der Waals surface area (Å²) in [6.07, 6.45) is 1.83. The van der Waals surface area contributed by atoms with Crippen molar-refractivity contribution in [3.63, 3.8) is 0 Å². The molecular weight excluding hydrogens is 340 g/mol. The molecule has 1 unspecified atom stereocenters. The number of carbonyl (C=O) groups excluding carboxylic acids is 1. The molecule has 0 saturated carbocycles. The molecule has 0 bridgehead atoms. The number of carbonyl (C=O) groups is 1. The number of hydrogen-bond donors (Lipinski definition) is 1. The van der Waals surface area contributed by atoms with E-state index >= 15 is 0 Å². The van der Waals surface area contributed by atoms with Crippen LogP contribution in [0.15, 0.2) is 29.1 Å². The van der Waals surface area contributed by atoms with Crippen LogP contribution in [0.4, 0.5) is 0 Å². The third-order valence-corrected chi connectivity index (χ3v) is 4.35. The Hall–Kier alpha value is -1.92. The van der Waals surface area contributed by atoms with Gasteiger partial charge < -0.3 is 10.6 Å². The maximum absolute atomic E-state index is 13.0. The molecule has 0 aliphatic carbocycles. The van der Waals surface area contributed by atoms with E-state index in [2.05, 4.69) is 5.10 Å². The highest BCUT2D eigenvalue weighted by atomic mass is 35.5. The lowest BCUT2D eigenvalue weighted by Gasteiger charge is -2.30. The molecule has 1 saturated heterocycles. The number of hydrogen-bond acceptors (Lipinski definition) is 4. The number of fused-ring (bicyclic) bond motifs is 1. The highest BCUT2D eigenvalue weighted by Gasteiger charge is 2.26. The number of nitrogens with two attached hydrogens (primary N) is 1. The van der Waals surface area contributed by atoms with Crippen LogP contribution < -0.4 is 11.3 Å². The molecule has 1 aliphatic heterocycles. The second kappa shape index (κ2) is 7.97. The molecule has 1 aromatic carbocycles. The second-order valence-corrected chi connectivity index (χ2v) is 6.93. The summed E-state index contributed by atoms with van der Waals surface area (Å²) in [6, 6.07) is 7.20. The summed E-state index contributed by atoms with van der Waals surface area (Å²) >= 11 is 0. The molecule has 1 aliphatic rings. The first-order valence-corrected chi connectivity index (χ1v) is 8.52. The molecule has 25 heavy (non-hydrogen) atoms. The number of amides is 1. The molecule has 1 aromatic heterocycles. The van der Waals surface area contributed by atoms with Crippen molar-refractivity contribution in [1.29, 1.82) is 0 Å². The molecule has 6 nitrogen and oxygen atoms in total. The van der Waals surface area contributed by atoms with Gasteiger partial charge in [-0.3, -0.25) is 9.59 Å². The van der Waals surface area contributed by atoms with Gasteiger partial charge in [0.15, 0.2) is 5.69 Å². The van der Waals surface area contributed by atoms with Crippen molar-refractivity contribution in [3.8, 4) is 0 Å². The second-order valence-electron chi connectivity index (χ2n) is 6.93. The summed E-state index contributed by atoms with van der Waals surface area (Å²) in [6.45, 7) is 5.76. The summed E-state index contributed by atoms with van der Waals surface area (Å²) in [5.74, 6) is 0.126. The summed E-state index contributed by atoms with van der Waals surface area (Å²) in [5, 5.41) is 5.57. The fourth-order valence-electron chi connectivity index (χ4n) is 3.21. The van der Waals surface area contributed by atoms with Crippen molar-refractivity contribution >= 4 is 29.1 Å². The van der Waals surface area contributed by atoms with E-state index in [4.69, 9.17) is 5.73 Å². The topological polar surface area (TPSA) is 81.2 Å². The van der Waals surface area contributed by atoms with Gasteiger partial charge in [0.1, 0.15) is 0 Å². The third kappa shape index (κ3) is 4.02. The fraction of sp³-hybridized carbons (Fsp3) is 0.500. The molecule has 1 fully saturated rings. The monoisotopic (exact) mass is 364 g/mol. The average molecular weight is 365 g/mol. The third-order valence-electron chi connectivity index (χ3n) is 4.35. The van der Waals surface area contributed by atoms with Crippen LogP contribution in [0.25, 0.3) is 10.8 Å². The SMILES string of the molecule is CC(C)Cn1nc(C(=O)N2CCCC(N)C2)c2ccccc2c1=O.Cl. The van der Waals surface area contributed by atoms with Gasteiger partial charge in [0.25, 0.3) is 11.5 Å². The van der Waals surface area contributed by atoms with Crippen LogP contribution in [0, 0.1) is 5.92 Å². The normalized spacial score (nSPS) is 17.6. The van der Waals surface area contributed by atoms with E-state index < -0.39 is 0 Å². The van der Waals surface area contributed by atoms with Gasteiger partial charge in [0.2, 0.25) is 0 Å². The van der Waals surface area contributed by atoms with Crippen molar-refractivity contribution in [2.24, 2.45) is 11.7 Å². The number of aromatic nitrogens is 2. The molecular formula is C18H25ClN4O2. The Morgan fingerprint density at radius 2 is 2.00 bits per heavy atom. The molecule has 1 amide bonds. The molecule has 2 N–H and O–H groups in total. The van der Waals surface area contributed by atoms with E-state index in [1.54, 1.807) is 17.0 Å². The lowest BCUT2D eigenvalue weighted by Crippen LogP contribution is -2.46. The zero-order valence-corrected chi connectivity index (χ0v) is 15.5. The Morgan fingerprint density at radius 1 is 1.32 bits per heavy atom. The van der Waals surface area contributed by atoms with E-state index in [-0.39, 0.29) is 35.8 Å². The molecule has 2 aromatic rings. The smallest absolute Gasteiger partial charge is 0.275 e. The van der Waals surface area contributed by atoms with E-state index in [9.17, 15) is 9.59 Å². The molecule has 0 radical (unpaired) electrons. The van der Waals surface area contributed by atoms with Crippen LogP contribution in [0.5, 0.6) is 0 Å². The van der Waals surface area contributed by atoms with Gasteiger partial charge in [0.05, 0.1) is 5.39 Å². The standard InChI is InChI=1S/C18H24N4O2.ClH/c1-12(2)10-22-17(23)15-8-4-3-7-14(15)16(20-22)18(24)21-9-5-6-13(19)11-21;/h3-4,7-8,12-13H,5-6,9-11,19H2,1-2H3;1H. The first-order valence-electron chi connectivity index (χ1n) is 8.52. The molecule has 3 rings (SSSR count). The Kier molecular flexibility index (Phi) is 6.19. The lowest BCUT2D eigenvalue weighted by atomic mass is 10.0. The van der Waals surface area contributed by atoms with Gasteiger partial charge in [-0.2, -0.15) is 5.10 Å². The molecule has 136 valence electrons.